The molecule has 1 aromatic heterocycles. The summed E-state index contributed by atoms with van der Waals surface area (Å²) in [6, 6.07) is 3.84. The van der Waals surface area contributed by atoms with Crippen molar-refractivity contribution in [3.63, 3.8) is 0 Å². The van der Waals surface area contributed by atoms with Crippen molar-refractivity contribution in [3.8, 4) is 0 Å². The molecule has 3 rings (SSSR count). The number of hydrogen-bond donors (Lipinski definition) is 0. The van der Waals surface area contributed by atoms with Crippen LogP contribution < -0.4 is 10.7 Å². The van der Waals surface area contributed by atoms with Crippen LogP contribution in [0.2, 0.25) is 0 Å². The first-order valence-corrected chi connectivity index (χ1v) is 4.09. The topological polar surface area (TPSA) is 34.5 Å². The SMILES string of the molecule is [B]1OC=CC12C=c1ncccc1=N2. The zero-order valence-corrected chi connectivity index (χ0v) is 6.84. The Kier molecular flexibility index (Phi) is 1.18. The molecule has 0 bridgehead atoms. The number of fused-ring (bicyclic) bond motifs is 1. The lowest BCUT2D eigenvalue weighted by Crippen LogP contribution is -2.24. The molecule has 13 heavy (non-hydrogen) atoms. The maximum Gasteiger partial charge on any atom is 0.407 e. The molecule has 0 saturated carbocycles. The van der Waals surface area contributed by atoms with Gasteiger partial charge in [-0.1, -0.05) is 0 Å². The van der Waals surface area contributed by atoms with Gasteiger partial charge >= 0.3 is 7.48 Å². The van der Waals surface area contributed by atoms with Crippen molar-refractivity contribution in [1.82, 2.24) is 4.98 Å². The van der Waals surface area contributed by atoms with Gasteiger partial charge in [-0.15, -0.1) is 0 Å². The van der Waals surface area contributed by atoms with Gasteiger partial charge in [0.15, 0.2) is 0 Å². The zero-order chi connectivity index (χ0) is 8.73. The minimum Gasteiger partial charge on any atom is -0.565 e. The van der Waals surface area contributed by atoms with E-state index in [4.69, 9.17) is 4.65 Å². The molecule has 2 aliphatic rings. The molecule has 1 radical (unpaired) electrons. The summed E-state index contributed by atoms with van der Waals surface area (Å²) in [4.78, 5) is 8.72. The van der Waals surface area contributed by atoms with E-state index in [0.29, 0.717) is 0 Å². The molecule has 0 saturated heterocycles. The minimum absolute atomic E-state index is 0.392. The number of nitrogens with zero attached hydrogens (tertiary/aromatic N) is 2. The highest BCUT2D eigenvalue weighted by molar-refractivity contribution is 6.38. The molecule has 0 aliphatic carbocycles. The molecule has 1 spiro atoms. The van der Waals surface area contributed by atoms with Gasteiger partial charge in [0.25, 0.3) is 0 Å². The molecule has 1 atom stereocenters. The Morgan fingerprint density at radius 1 is 1.46 bits per heavy atom. The third-order valence-electron chi connectivity index (χ3n) is 2.17. The summed E-state index contributed by atoms with van der Waals surface area (Å²) in [7, 11) is 1.70. The van der Waals surface area contributed by atoms with Crippen LogP contribution >= 0.6 is 0 Å². The second-order valence-corrected chi connectivity index (χ2v) is 3.11. The normalized spacial score (nSPS) is 27.4. The van der Waals surface area contributed by atoms with Crippen LogP contribution in [0.4, 0.5) is 0 Å². The van der Waals surface area contributed by atoms with Crippen LogP contribution in [0.15, 0.2) is 35.7 Å². The van der Waals surface area contributed by atoms with Crippen molar-refractivity contribution >= 4 is 13.6 Å². The molecule has 0 N–H and O–H groups in total. The van der Waals surface area contributed by atoms with Gasteiger partial charge in [0.1, 0.15) is 5.44 Å². The van der Waals surface area contributed by atoms with Gasteiger partial charge in [-0.05, 0) is 24.3 Å². The van der Waals surface area contributed by atoms with Crippen molar-refractivity contribution in [3.05, 3.63) is 41.4 Å². The quantitative estimate of drug-likeness (QED) is 0.484. The Morgan fingerprint density at radius 2 is 2.46 bits per heavy atom. The molecule has 1 aromatic rings. The molecule has 2 aliphatic heterocycles. The van der Waals surface area contributed by atoms with E-state index >= 15 is 0 Å². The van der Waals surface area contributed by atoms with Crippen LogP contribution in [0.3, 0.4) is 0 Å². The van der Waals surface area contributed by atoms with Crippen LogP contribution in [0.1, 0.15) is 0 Å². The maximum absolute atomic E-state index is 5.06. The molecule has 3 nitrogen and oxygen atoms in total. The van der Waals surface area contributed by atoms with Gasteiger partial charge < -0.3 is 4.65 Å². The van der Waals surface area contributed by atoms with Crippen molar-refractivity contribution in [1.29, 1.82) is 0 Å². The molecular weight excluding hydrogens is 163 g/mol. The van der Waals surface area contributed by atoms with Crippen LogP contribution in [0, 0.1) is 0 Å². The average Bonchev–Trinajstić information content (AvgIpc) is 2.72. The number of hydrogen-bond acceptors (Lipinski definition) is 3. The second-order valence-electron chi connectivity index (χ2n) is 3.11. The third-order valence-corrected chi connectivity index (χ3v) is 2.17. The standard InChI is InChI=1S/C9H6BN2O/c1-2-7-8(11-4-1)6-9(12-7)3-5-13-10-9/h1-6H. The Bertz CT molecular complexity index is 460. The lowest BCUT2D eigenvalue weighted by Gasteiger charge is -2.08. The molecule has 1 unspecified atom stereocenters. The van der Waals surface area contributed by atoms with E-state index < -0.39 is 5.44 Å². The van der Waals surface area contributed by atoms with Crippen LogP contribution in [-0.2, 0) is 4.65 Å². The molecule has 0 amide bonds. The first-order valence-electron chi connectivity index (χ1n) is 4.09. The van der Waals surface area contributed by atoms with Crippen LogP contribution in [-0.4, -0.2) is 17.9 Å². The fraction of sp³-hybridized carbons (Fsp3) is 0.111. The predicted molar refractivity (Wildman–Crippen MR) is 48.2 cm³/mol. The molecule has 0 aromatic carbocycles. The average molecular weight is 169 g/mol. The Morgan fingerprint density at radius 3 is 3.23 bits per heavy atom. The molecule has 0 fully saturated rings. The fourth-order valence-corrected chi connectivity index (χ4v) is 1.56. The summed E-state index contributed by atoms with van der Waals surface area (Å²) in [6.45, 7) is 0. The zero-order valence-electron chi connectivity index (χ0n) is 6.84. The van der Waals surface area contributed by atoms with E-state index in [1.54, 1.807) is 19.9 Å². The highest BCUT2D eigenvalue weighted by atomic mass is 16.4. The van der Waals surface area contributed by atoms with Crippen LogP contribution in [0.5, 0.6) is 0 Å². The van der Waals surface area contributed by atoms with E-state index in [-0.39, 0.29) is 0 Å². The maximum atomic E-state index is 5.06. The summed E-state index contributed by atoms with van der Waals surface area (Å²) in [5, 5.41) is 1.85. The summed E-state index contributed by atoms with van der Waals surface area (Å²) in [5.74, 6) is 0. The van der Waals surface area contributed by atoms with Gasteiger partial charge in [0.2, 0.25) is 0 Å². The first-order chi connectivity index (χ1) is 6.38. The summed E-state index contributed by atoms with van der Waals surface area (Å²) >= 11 is 0. The molecule has 4 heteroatoms. The van der Waals surface area contributed by atoms with Gasteiger partial charge in [0, 0.05) is 6.20 Å². The lowest BCUT2D eigenvalue weighted by molar-refractivity contribution is 0.525. The Hall–Kier alpha value is -1.58. The first kappa shape index (κ1) is 6.89. The number of aromatic nitrogens is 1. The molecule has 61 valence electrons. The van der Waals surface area contributed by atoms with Crippen molar-refractivity contribution in [2.24, 2.45) is 4.99 Å². The smallest absolute Gasteiger partial charge is 0.407 e. The van der Waals surface area contributed by atoms with Gasteiger partial charge in [-0.3, -0.25) is 9.98 Å². The van der Waals surface area contributed by atoms with E-state index in [1.807, 2.05) is 24.3 Å². The lowest BCUT2D eigenvalue weighted by atomic mass is 9.74. The van der Waals surface area contributed by atoms with E-state index in [0.717, 1.165) is 10.7 Å². The van der Waals surface area contributed by atoms with E-state index in [2.05, 4.69) is 9.98 Å². The second kappa shape index (κ2) is 2.22. The predicted octanol–water partition coefficient (Wildman–Crippen LogP) is -0.645. The third kappa shape index (κ3) is 0.916. The summed E-state index contributed by atoms with van der Waals surface area (Å²) < 4.78 is 5.06. The van der Waals surface area contributed by atoms with Gasteiger partial charge in [-0.2, -0.15) is 0 Å². The number of rotatable bonds is 0. The van der Waals surface area contributed by atoms with Crippen LogP contribution in [0.25, 0.3) is 6.08 Å². The number of pyridine rings is 1. The summed E-state index contributed by atoms with van der Waals surface area (Å²) in [6.07, 6.45) is 7.32. The minimum atomic E-state index is -0.392. The Labute approximate surface area is 75.8 Å². The largest absolute Gasteiger partial charge is 0.565 e. The van der Waals surface area contributed by atoms with E-state index in [9.17, 15) is 0 Å². The highest BCUT2D eigenvalue weighted by Crippen LogP contribution is 2.19. The van der Waals surface area contributed by atoms with Crippen molar-refractivity contribution in [2.75, 3.05) is 0 Å². The molecule has 3 heterocycles. The summed E-state index contributed by atoms with van der Waals surface area (Å²) in [5.41, 5.74) is -0.392. The van der Waals surface area contributed by atoms with E-state index in [1.165, 1.54) is 0 Å². The van der Waals surface area contributed by atoms with Gasteiger partial charge in [0.05, 0.1) is 17.0 Å². The fourth-order valence-electron chi connectivity index (χ4n) is 1.56. The van der Waals surface area contributed by atoms with Crippen molar-refractivity contribution < 1.29 is 4.65 Å². The van der Waals surface area contributed by atoms with Crippen molar-refractivity contribution in [2.45, 2.75) is 5.44 Å². The molecular formula is C9H6BN2O. The highest BCUT2D eigenvalue weighted by Gasteiger charge is 2.34. The monoisotopic (exact) mass is 169 g/mol. The Balaban J connectivity index is 2.29. The van der Waals surface area contributed by atoms with Gasteiger partial charge in [-0.25, -0.2) is 0 Å².